The van der Waals surface area contributed by atoms with Crippen LogP contribution in [-0.4, -0.2) is 8.42 Å². The first-order valence-corrected chi connectivity index (χ1v) is 5.30. The molecule has 0 aliphatic heterocycles. The van der Waals surface area contributed by atoms with Crippen molar-refractivity contribution in [3.63, 3.8) is 0 Å². The molecule has 11 heavy (non-hydrogen) atoms. The zero-order valence-corrected chi connectivity index (χ0v) is 7.14. The van der Waals surface area contributed by atoms with Crippen molar-refractivity contribution in [2.75, 3.05) is 0 Å². The van der Waals surface area contributed by atoms with E-state index in [1.807, 2.05) is 0 Å². The van der Waals surface area contributed by atoms with Gasteiger partial charge < -0.3 is 0 Å². The van der Waals surface area contributed by atoms with Crippen LogP contribution in [0, 0.1) is 0 Å². The number of hydrogen-bond donors (Lipinski definition) is 0. The predicted molar refractivity (Wildman–Crippen MR) is 44.9 cm³/mol. The normalized spacial score (nSPS) is 15.5. The highest BCUT2D eigenvalue weighted by Crippen LogP contribution is 2.08. The summed E-state index contributed by atoms with van der Waals surface area (Å²) in [5, 5.41) is 0. The van der Waals surface area contributed by atoms with Gasteiger partial charge in [-0.1, -0.05) is 30.3 Å². The Morgan fingerprint density at radius 2 is 1.91 bits per heavy atom. The van der Waals surface area contributed by atoms with E-state index in [1.54, 1.807) is 30.3 Å². The summed E-state index contributed by atoms with van der Waals surface area (Å²) in [4.78, 5) is 0. The maximum absolute atomic E-state index is 10.7. The first kappa shape index (κ1) is 7.13. The Hall–Kier alpha value is -0.540. The number of rotatable bonds is 2. The van der Waals surface area contributed by atoms with Crippen LogP contribution >= 0.6 is 10.7 Å². The lowest BCUT2D eigenvalue weighted by Crippen LogP contribution is -1.93. The van der Waals surface area contributed by atoms with Crippen LogP contribution in [0.3, 0.4) is 0 Å². The Morgan fingerprint density at radius 3 is 2.36 bits per heavy atom. The molecule has 1 aromatic carbocycles. The van der Waals surface area contributed by atoms with E-state index < -0.39 is 14.8 Å². The van der Waals surface area contributed by atoms with Crippen LogP contribution in [0.4, 0.5) is 0 Å². The second-order valence-electron chi connectivity index (χ2n) is 2.00. The fourth-order valence-corrected chi connectivity index (χ4v) is 1.48. The van der Waals surface area contributed by atoms with E-state index in [2.05, 4.69) is 0 Å². The van der Waals surface area contributed by atoms with Crippen molar-refractivity contribution >= 4 is 19.7 Å². The highest BCUT2D eigenvalue weighted by Gasteiger charge is 2.04. The van der Waals surface area contributed by atoms with Gasteiger partial charge >= 0.3 is 0 Å². The lowest BCUT2D eigenvalue weighted by atomic mass is 10.2. The van der Waals surface area contributed by atoms with Gasteiger partial charge in [-0.25, -0.2) is 8.42 Å². The van der Waals surface area contributed by atoms with Crippen molar-refractivity contribution in [3.05, 3.63) is 35.9 Å². The average Bonchev–Trinajstić information content (AvgIpc) is 2.03. The van der Waals surface area contributed by atoms with Crippen LogP contribution in [-0.2, 0) is 14.8 Å². The van der Waals surface area contributed by atoms with Gasteiger partial charge in [0.2, 0.25) is 9.05 Å². The molecule has 60 valence electrons. The molecule has 0 aliphatic rings. The molecule has 0 fully saturated rings. The molecule has 0 saturated heterocycles. The van der Waals surface area contributed by atoms with Gasteiger partial charge in [0.15, 0.2) is 0 Å². The van der Waals surface area contributed by atoms with Gasteiger partial charge in [-0.15, -0.1) is 0 Å². The van der Waals surface area contributed by atoms with Gasteiger partial charge in [0.05, 0.1) is 5.73 Å². The summed E-state index contributed by atoms with van der Waals surface area (Å²) >= 11 is 0. The summed E-state index contributed by atoms with van der Waals surface area (Å²) in [5.41, 5.74) is -1.01. The Morgan fingerprint density at radius 1 is 1.36 bits per heavy atom. The number of halogens is 1. The molecule has 0 aromatic heterocycles. The number of benzene rings is 1. The van der Waals surface area contributed by atoms with Gasteiger partial charge in [-0.05, 0) is 5.56 Å². The zero-order valence-electron chi connectivity index (χ0n) is 6.57. The Balaban J connectivity index is 3.02. The molecular weight excluding hydrogens is 184 g/mol. The Labute approximate surface area is 71.6 Å². The third kappa shape index (κ3) is 3.39. The molecule has 2 nitrogen and oxygen atoms in total. The minimum Gasteiger partial charge on any atom is -0.212 e. The van der Waals surface area contributed by atoms with Crippen molar-refractivity contribution in [2.45, 2.75) is 5.73 Å². The van der Waals surface area contributed by atoms with Crippen LogP contribution in [0.2, 0.25) is 0 Å². The summed E-state index contributed by atoms with van der Waals surface area (Å²) in [6, 6.07) is 8.18. The molecule has 0 heterocycles. The fraction of sp³-hybridized carbons (Fsp3) is 0.143. The molecule has 0 amide bonds. The summed E-state index contributed by atoms with van der Waals surface area (Å²) in [6.07, 6.45) is 0. The van der Waals surface area contributed by atoms with Gasteiger partial charge in [-0.3, -0.25) is 0 Å². The van der Waals surface area contributed by atoms with Crippen LogP contribution in [0.15, 0.2) is 30.3 Å². The Bertz CT molecular complexity index is 349. The second-order valence-corrected chi connectivity index (χ2v) is 4.48. The molecule has 1 rings (SSSR count). The van der Waals surface area contributed by atoms with Crippen molar-refractivity contribution in [1.29, 1.82) is 0 Å². The highest BCUT2D eigenvalue weighted by molar-refractivity contribution is 8.13. The van der Waals surface area contributed by atoms with E-state index in [4.69, 9.17) is 12.1 Å². The molecule has 0 radical (unpaired) electrons. The third-order valence-corrected chi connectivity index (χ3v) is 1.90. The molecule has 0 N–H and O–H groups in total. The van der Waals surface area contributed by atoms with Crippen LogP contribution in [0.25, 0.3) is 0 Å². The quantitative estimate of drug-likeness (QED) is 0.668. The van der Waals surface area contributed by atoms with Crippen molar-refractivity contribution in [2.24, 2.45) is 0 Å². The monoisotopic (exact) mass is 191 g/mol. The molecule has 4 heteroatoms. The topological polar surface area (TPSA) is 34.1 Å². The first-order chi connectivity index (χ1) is 5.52. The van der Waals surface area contributed by atoms with E-state index in [1.165, 1.54) is 0 Å². The zero-order chi connectivity index (χ0) is 9.19. The third-order valence-electron chi connectivity index (χ3n) is 1.08. The lowest BCUT2D eigenvalue weighted by Gasteiger charge is -1.94. The van der Waals surface area contributed by atoms with E-state index in [0.717, 1.165) is 0 Å². The van der Waals surface area contributed by atoms with E-state index in [-0.39, 0.29) is 0 Å². The Kier molecular flexibility index (Phi) is 2.10. The minimum atomic E-state index is -3.82. The van der Waals surface area contributed by atoms with E-state index in [9.17, 15) is 8.42 Å². The van der Waals surface area contributed by atoms with Crippen LogP contribution in [0.5, 0.6) is 0 Å². The molecule has 1 aromatic rings. The minimum absolute atomic E-state index is 0.382. The van der Waals surface area contributed by atoms with Crippen molar-refractivity contribution < 1.29 is 9.79 Å². The first-order valence-electron chi connectivity index (χ1n) is 3.50. The smallest absolute Gasteiger partial charge is 0.212 e. The maximum Gasteiger partial charge on any atom is 0.236 e. The molecule has 0 bridgehead atoms. The average molecular weight is 192 g/mol. The van der Waals surface area contributed by atoms with Crippen molar-refractivity contribution in [1.82, 2.24) is 0 Å². The second kappa shape index (κ2) is 3.24. The van der Waals surface area contributed by atoms with Gasteiger partial charge in [0.1, 0.15) is 0 Å². The SMILES string of the molecule is [2H][C@H](c1ccccc1)S(=O)(=O)Cl. The molecule has 0 unspecified atom stereocenters. The highest BCUT2D eigenvalue weighted by atomic mass is 35.7. The number of hydrogen-bond acceptors (Lipinski definition) is 2. The predicted octanol–water partition coefficient (Wildman–Crippen LogP) is 1.76. The maximum atomic E-state index is 10.7. The molecule has 1 atom stereocenters. The summed E-state index contributed by atoms with van der Waals surface area (Å²) in [5.74, 6) is 0. The molecule has 0 aliphatic carbocycles. The largest absolute Gasteiger partial charge is 0.236 e. The van der Waals surface area contributed by atoms with E-state index >= 15 is 0 Å². The van der Waals surface area contributed by atoms with Crippen molar-refractivity contribution in [3.8, 4) is 0 Å². The van der Waals surface area contributed by atoms with Gasteiger partial charge in [0.25, 0.3) is 0 Å². The standard InChI is InChI=1S/C7H7ClO2S/c8-11(9,10)6-7-4-2-1-3-5-7/h1-5H,6H2/i6D/t6-/m1/s1. The lowest BCUT2D eigenvalue weighted by molar-refractivity contribution is 0.609. The van der Waals surface area contributed by atoms with Crippen LogP contribution < -0.4 is 0 Å². The van der Waals surface area contributed by atoms with E-state index in [0.29, 0.717) is 5.56 Å². The molecule has 0 spiro atoms. The fourth-order valence-electron chi connectivity index (χ4n) is 0.694. The summed E-state index contributed by atoms with van der Waals surface area (Å²) in [7, 11) is 1.19. The van der Waals surface area contributed by atoms with Crippen LogP contribution in [0.1, 0.15) is 6.93 Å². The van der Waals surface area contributed by atoms with Gasteiger partial charge in [-0.2, -0.15) is 0 Å². The summed E-state index contributed by atoms with van der Waals surface area (Å²) < 4.78 is 28.7. The van der Waals surface area contributed by atoms with Gasteiger partial charge in [0, 0.05) is 12.1 Å². The molecular formula is C7H7ClO2S. The summed E-state index contributed by atoms with van der Waals surface area (Å²) in [6.45, 7) is 0. The molecule has 0 saturated carbocycles.